The predicted octanol–water partition coefficient (Wildman–Crippen LogP) is 3.31. The average Bonchev–Trinajstić information content (AvgIpc) is 2.83. The third-order valence-electron chi connectivity index (χ3n) is 2.10. The summed E-state index contributed by atoms with van der Waals surface area (Å²) in [6.07, 6.45) is 0. The van der Waals surface area contributed by atoms with E-state index in [9.17, 15) is 0 Å². The molecule has 0 aliphatic heterocycles. The summed E-state index contributed by atoms with van der Waals surface area (Å²) in [6.45, 7) is 1.63. The van der Waals surface area contributed by atoms with Gasteiger partial charge in [-0.3, -0.25) is 0 Å². The molecule has 0 fully saturated rings. The number of thiophene rings is 1. The maximum absolute atomic E-state index is 3.29. The van der Waals surface area contributed by atoms with Gasteiger partial charge in [0.2, 0.25) is 0 Å². The molecule has 0 saturated carbocycles. The Morgan fingerprint density at radius 3 is 2.59 bits per heavy atom. The molecule has 0 spiro atoms. The van der Waals surface area contributed by atoms with Gasteiger partial charge >= 0.3 is 0 Å². The van der Waals surface area contributed by atoms with Crippen molar-refractivity contribution in [3.8, 4) is 11.8 Å². The van der Waals surface area contributed by atoms with Crippen LogP contribution >= 0.6 is 23.7 Å². The Hall–Kier alpha value is -1.27. The molecule has 2 aromatic rings. The van der Waals surface area contributed by atoms with Crippen molar-refractivity contribution in [3.05, 3.63) is 58.3 Å². The van der Waals surface area contributed by atoms with E-state index in [-0.39, 0.29) is 12.4 Å². The molecule has 1 aromatic carbocycles. The summed E-state index contributed by atoms with van der Waals surface area (Å²) in [5.41, 5.74) is 1.07. The van der Waals surface area contributed by atoms with Crippen LogP contribution in [0.1, 0.15) is 10.4 Å². The Bertz CT molecular complexity index is 468. The van der Waals surface area contributed by atoms with Crippen LogP contribution in [0.5, 0.6) is 0 Å². The van der Waals surface area contributed by atoms with Gasteiger partial charge in [-0.05, 0) is 23.6 Å². The maximum atomic E-state index is 3.29. The molecule has 1 heterocycles. The van der Waals surface area contributed by atoms with Crippen molar-refractivity contribution in [1.82, 2.24) is 5.32 Å². The fraction of sp³-hybridized carbons (Fsp3) is 0.143. The summed E-state index contributed by atoms with van der Waals surface area (Å²) in [5, 5.41) is 5.38. The number of nitrogens with one attached hydrogen (secondary N) is 1. The molecule has 0 aliphatic rings. The zero-order valence-corrected chi connectivity index (χ0v) is 11.0. The lowest BCUT2D eigenvalue weighted by Gasteiger charge is -1.95. The molecule has 0 saturated heterocycles. The van der Waals surface area contributed by atoms with Crippen LogP contribution in [-0.4, -0.2) is 6.54 Å². The van der Waals surface area contributed by atoms with E-state index in [1.807, 2.05) is 30.3 Å². The lowest BCUT2D eigenvalue weighted by molar-refractivity contribution is 0.781. The van der Waals surface area contributed by atoms with Crippen LogP contribution in [-0.2, 0) is 6.54 Å². The Morgan fingerprint density at radius 2 is 1.88 bits per heavy atom. The van der Waals surface area contributed by atoms with E-state index in [2.05, 4.69) is 34.7 Å². The van der Waals surface area contributed by atoms with E-state index in [1.165, 1.54) is 4.88 Å². The smallest absolute Gasteiger partial charge is 0.0583 e. The molecule has 1 aromatic heterocycles. The van der Waals surface area contributed by atoms with E-state index in [4.69, 9.17) is 0 Å². The summed E-state index contributed by atoms with van der Waals surface area (Å²) in [4.78, 5) is 1.35. The molecule has 0 aliphatic carbocycles. The minimum atomic E-state index is 0. The van der Waals surface area contributed by atoms with Gasteiger partial charge in [0, 0.05) is 17.0 Å². The molecule has 1 N–H and O–H groups in total. The summed E-state index contributed by atoms with van der Waals surface area (Å²) in [6, 6.07) is 14.2. The molecule has 17 heavy (non-hydrogen) atoms. The van der Waals surface area contributed by atoms with Gasteiger partial charge in [0.15, 0.2) is 0 Å². The zero-order valence-electron chi connectivity index (χ0n) is 9.35. The first-order valence-corrected chi connectivity index (χ1v) is 6.10. The standard InChI is InChI=1S/C14H13NS.ClH/c1-2-6-13(7-3-1)8-4-10-15-12-14-9-5-11-16-14;/h1-3,5-7,9,11,15H,10,12H2;1H. The van der Waals surface area contributed by atoms with Crippen molar-refractivity contribution >= 4 is 23.7 Å². The van der Waals surface area contributed by atoms with Crippen LogP contribution in [0.3, 0.4) is 0 Å². The van der Waals surface area contributed by atoms with Crippen LogP contribution < -0.4 is 5.32 Å². The van der Waals surface area contributed by atoms with E-state index < -0.39 is 0 Å². The van der Waals surface area contributed by atoms with Crippen molar-refractivity contribution in [2.24, 2.45) is 0 Å². The lowest BCUT2D eigenvalue weighted by atomic mass is 10.2. The summed E-state index contributed by atoms with van der Waals surface area (Å²) in [7, 11) is 0. The van der Waals surface area contributed by atoms with Gasteiger partial charge < -0.3 is 5.32 Å². The number of rotatable bonds is 3. The normalized spacial score (nSPS) is 8.94. The maximum Gasteiger partial charge on any atom is 0.0583 e. The summed E-state index contributed by atoms with van der Waals surface area (Å²) >= 11 is 1.77. The van der Waals surface area contributed by atoms with Gasteiger partial charge in [-0.15, -0.1) is 23.7 Å². The second kappa shape index (κ2) is 7.92. The van der Waals surface area contributed by atoms with Gasteiger partial charge in [0.1, 0.15) is 0 Å². The second-order valence-corrected chi connectivity index (χ2v) is 4.38. The first-order valence-electron chi connectivity index (χ1n) is 5.22. The molecule has 88 valence electrons. The number of hydrogen-bond donors (Lipinski definition) is 1. The van der Waals surface area contributed by atoms with Gasteiger partial charge in [0.05, 0.1) is 6.54 Å². The summed E-state index contributed by atoms with van der Waals surface area (Å²) in [5.74, 6) is 6.22. The molecule has 2 rings (SSSR count). The molecule has 0 bridgehead atoms. The minimum absolute atomic E-state index is 0. The van der Waals surface area contributed by atoms with E-state index in [0.29, 0.717) is 0 Å². The Balaban J connectivity index is 0.00000144. The SMILES string of the molecule is C(#Cc1ccccc1)CNCc1cccs1.Cl. The molecule has 1 nitrogen and oxygen atoms in total. The minimum Gasteiger partial charge on any atom is -0.301 e. The molecular weight excluding hydrogens is 250 g/mol. The third-order valence-corrected chi connectivity index (χ3v) is 2.98. The first-order chi connectivity index (χ1) is 7.95. The quantitative estimate of drug-likeness (QED) is 0.662. The second-order valence-electron chi connectivity index (χ2n) is 3.35. The zero-order chi connectivity index (χ0) is 11.1. The highest BCUT2D eigenvalue weighted by molar-refractivity contribution is 7.09. The molecule has 0 radical (unpaired) electrons. The Labute approximate surface area is 112 Å². The Kier molecular flexibility index (Phi) is 6.42. The highest BCUT2D eigenvalue weighted by Crippen LogP contribution is 2.06. The first kappa shape index (κ1) is 13.8. The highest BCUT2D eigenvalue weighted by Gasteiger charge is 1.89. The monoisotopic (exact) mass is 263 g/mol. The van der Waals surface area contributed by atoms with Crippen LogP contribution in [0.15, 0.2) is 47.8 Å². The fourth-order valence-electron chi connectivity index (χ4n) is 1.33. The van der Waals surface area contributed by atoms with Gasteiger partial charge in [-0.25, -0.2) is 0 Å². The molecule has 3 heteroatoms. The van der Waals surface area contributed by atoms with Gasteiger partial charge in [0.25, 0.3) is 0 Å². The predicted molar refractivity (Wildman–Crippen MR) is 76.6 cm³/mol. The summed E-state index contributed by atoms with van der Waals surface area (Å²) < 4.78 is 0. The van der Waals surface area contributed by atoms with Crippen molar-refractivity contribution in [2.75, 3.05) is 6.54 Å². The van der Waals surface area contributed by atoms with Crippen molar-refractivity contribution < 1.29 is 0 Å². The molecule has 0 unspecified atom stereocenters. The number of halogens is 1. The van der Waals surface area contributed by atoms with Gasteiger partial charge in [-0.1, -0.05) is 36.1 Å². The van der Waals surface area contributed by atoms with Crippen LogP contribution in [0.4, 0.5) is 0 Å². The van der Waals surface area contributed by atoms with Gasteiger partial charge in [-0.2, -0.15) is 0 Å². The Morgan fingerprint density at radius 1 is 1.06 bits per heavy atom. The van der Waals surface area contributed by atoms with Crippen molar-refractivity contribution in [3.63, 3.8) is 0 Å². The molecular formula is C14H14ClNS. The van der Waals surface area contributed by atoms with E-state index >= 15 is 0 Å². The van der Waals surface area contributed by atoms with E-state index in [0.717, 1.165) is 18.7 Å². The van der Waals surface area contributed by atoms with Crippen molar-refractivity contribution in [1.29, 1.82) is 0 Å². The molecule has 0 atom stereocenters. The molecule has 0 amide bonds. The number of benzene rings is 1. The highest BCUT2D eigenvalue weighted by atomic mass is 35.5. The van der Waals surface area contributed by atoms with Crippen LogP contribution in [0.2, 0.25) is 0 Å². The van der Waals surface area contributed by atoms with Crippen molar-refractivity contribution in [2.45, 2.75) is 6.54 Å². The average molecular weight is 264 g/mol. The van der Waals surface area contributed by atoms with Crippen LogP contribution in [0.25, 0.3) is 0 Å². The third kappa shape index (κ3) is 5.06. The van der Waals surface area contributed by atoms with Crippen LogP contribution in [0, 0.1) is 11.8 Å². The van der Waals surface area contributed by atoms with E-state index in [1.54, 1.807) is 11.3 Å². The number of hydrogen-bond acceptors (Lipinski definition) is 2. The fourth-order valence-corrected chi connectivity index (χ4v) is 2.00. The lowest BCUT2D eigenvalue weighted by Crippen LogP contribution is -2.12. The topological polar surface area (TPSA) is 12.0 Å². The largest absolute Gasteiger partial charge is 0.301 e.